The normalized spacial score (nSPS) is 11.7. The highest BCUT2D eigenvalue weighted by atomic mass is 35.5. The molecule has 1 aromatic carbocycles. The standard InChI is InChI=1S/C11H13ClF2N2O4S/c12-8-3-7(4-9(5-8)21(15,18)19)11(17)16-1-2-20-6-10(13)14/h3-5,10H,1-2,6H2,(H,16,17)(H2,15,18,19). The zero-order chi connectivity index (χ0) is 16.0. The molecule has 1 rings (SSSR count). The predicted octanol–water partition coefficient (Wildman–Crippen LogP) is 0.999. The first kappa shape index (κ1) is 17.8. The van der Waals surface area contributed by atoms with Crippen molar-refractivity contribution in [2.45, 2.75) is 11.3 Å². The fourth-order valence-corrected chi connectivity index (χ4v) is 2.25. The van der Waals surface area contributed by atoms with E-state index in [1.54, 1.807) is 0 Å². The van der Waals surface area contributed by atoms with Crippen molar-refractivity contribution < 1.29 is 26.7 Å². The van der Waals surface area contributed by atoms with Crippen molar-refractivity contribution in [3.8, 4) is 0 Å². The van der Waals surface area contributed by atoms with Crippen molar-refractivity contribution >= 4 is 27.5 Å². The highest BCUT2D eigenvalue weighted by molar-refractivity contribution is 7.89. The van der Waals surface area contributed by atoms with Crippen LogP contribution in [-0.4, -0.2) is 40.5 Å². The maximum absolute atomic E-state index is 11.8. The molecule has 0 spiro atoms. The smallest absolute Gasteiger partial charge is 0.261 e. The van der Waals surface area contributed by atoms with Crippen LogP contribution in [0.3, 0.4) is 0 Å². The summed E-state index contributed by atoms with van der Waals surface area (Å²) in [5.74, 6) is -0.622. The molecule has 0 fully saturated rings. The average molecular weight is 343 g/mol. The third-order valence-electron chi connectivity index (χ3n) is 2.24. The summed E-state index contributed by atoms with van der Waals surface area (Å²) in [6.45, 7) is -0.829. The van der Waals surface area contributed by atoms with Crippen LogP contribution in [0.4, 0.5) is 8.78 Å². The van der Waals surface area contributed by atoms with E-state index in [1.807, 2.05) is 0 Å². The molecule has 0 saturated heterocycles. The van der Waals surface area contributed by atoms with Gasteiger partial charge in [-0.2, -0.15) is 0 Å². The second kappa shape index (κ2) is 7.64. The molecule has 0 bridgehead atoms. The molecule has 0 aliphatic heterocycles. The first-order valence-corrected chi connectivity index (χ1v) is 7.60. The molecule has 3 N–H and O–H groups in total. The molecule has 0 aromatic heterocycles. The zero-order valence-corrected chi connectivity index (χ0v) is 12.3. The van der Waals surface area contributed by atoms with Gasteiger partial charge in [-0.3, -0.25) is 4.79 Å². The first-order valence-electron chi connectivity index (χ1n) is 5.67. The van der Waals surface area contributed by atoms with Crippen LogP contribution >= 0.6 is 11.6 Å². The van der Waals surface area contributed by atoms with Crippen molar-refractivity contribution in [1.82, 2.24) is 5.32 Å². The molecule has 0 saturated carbocycles. The Kier molecular flexibility index (Phi) is 6.46. The van der Waals surface area contributed by atoms with Gasteiger partial charge in [0, 0.05) is 17.1 Å². The molecule has 118 valence electrons. The highest BCUT2D eigenvalue weighted by Gasteiger charge is 2.14. The highest BCUT2D eigenvalue weighted by Crippen LogP contribution is 2.18. The number of nitrogens with one attached hydrogen (secondary N) is 1. The topological polar surface area (TPSA) is 98.5 Å². The lowest BCUT2D eigenvalue weighted by Crippen LogP contribution is -2.28. The minimum atomic E-state index is -3.99. The minimum Gasteiger partial charge on any atom is -0.374 e. The number of ether oxygens (including phenoxy) is 1. The Bertz CT molecular complexity index is 610. The van der Waals surface area contributed by atoms with E-state index in [1.165, 1.54) is 6.07 Å². The number of hydrogen-bond donors (Lipinski definition) is 2. The fraction of sp³-hybridized carbons (Fsp3) is 0.364. The lowest BCUT2D eigenvalue weighted by molar-refractivity contribution is 0.0188. The zero-order valence-electron chi connectivity index (χ0n) is 10.7. The monoisotopic (exact) mass is 342 g/mol. The van der Waals surface area contributed by atoms with Crippen LogP contribution in [0.2, 0.25) is 5.02 Å². The summed E-state index contributed by atoms with van der Waals surface area (Å²) in [5.41, 5.74) is -0.0135. The predicted molar refractivity (Wildman–Crippen MR) is 72.0 cm³/mol. The van der Waals surface area contributed by atoms with Gasteiger partial charge in [0.05, 0.1) is 11.5 Å². The molecule has 21 heavy (non-hydrogen) atoms. The van der Waals surface area contributed by atoms with E-state index >= 15 is 0 Å². The lowest BCUT2D eigenvalue weighted by Gasteiger charge is -2.08. The number of nitrogens with two attached hydrogens (primary N) is 1. The number of sulfonamides is 1. The number of primary sulfonamides is 1. The van der Waals surface area contributed by atoms with Crippen molar-refractivity contribution in [3.05, 3.63) is 28.8 Å². The van der Waals surface area contributed by atoms with Gasteiger partial charge < -0.3 is 10.1 Å². The van der Waals surface area contributed by atoms with E-state index in [9.17, 15) is 22.0 Å². The Labute approximate surface area is 125 Å². The number of rotatable bonds is 7. The van der Waals surface area contributed by atoms with E-state index in [0.717, 1.165) is 12.1 Å². The SMILES string of the molecule is NS(=O)(=O)c1cc(Cl)cc(C(=O)NCCOCC(F)F)c1. The van der Waals surface area contributed by atoms with Crippen LogP contribution in [0.15, 0.2) is 23.1 Å². The molecular formula is C11H13ClF2N2O4S. The second-order valence-corrected chi connectivity index (χ2v) is 5.94. The maximum Gasteiger partial charge on any atom is 0.261 e. The fourth-order valence-electron chi connectivity index (χ4n) is 1.37. The molecule has 0 radical (unpaired) electrons. The molecule has 0 aliphatic rings. The van der Waals surface area contributed by atoms with Gasteiger partial charge in [-0.25, -0.2) is 22.3 Å². The van der Waals surface area contributed by atoms with Gasteiger partial charge in [-0.1, -0.05) is 11.6 Å². The van der Waals surface area contributed by atoms with E-state index < -0.39 is 29.0 Å². The number of benzene rings is 1. The summed E-state index contributed by atoms with van der Waals surface area (Å²) in [5, 5.41) is 7.36. The van der Waals surface area contributed by atoms with Crippen LogP contribution < -0.4 is 10.5 Å². The molecule has 0 atom stereocenters. The Morgan fingerprint density at radius 3 is 2.62 bits per heavy atom. The number of hydrogen-bond acceptors (Lipinski definition) is 4. The third kappa shape index (κ3) is 6.34. The Morgan fingerprint density at radius 2 is 2.05 bits per heavy atom. The van der Waals surface area contributed by atoms with Gasteiger partial charge in [0.2, 0.25) is 10.0 Å². The number of carbonyl (C=O) groups is 1. The molecule has 6 nitrogen and oxygen atoms in total. The maximum atomic E-state index is 11.8. The summed E-state index contributed by atoms with van der Waals surface area (Å²) in [6, 6.07) is 3.43. The van der Waals surface area contributed by atoms with E-state index in [0.29, 0.717) is 0 Å². The molecule has 0 unspecified atom stereocenters. The van der Waals surface area contributed by atoms with Crippen LogP contribution in [0.25, 0.3) is 0 Å². The van der Waals surface area contributed by atoms with Gasteiger partial charge in [-0.15, -0.1) is 0 Å². The van der Waals surface area contributed by atoms with Gasteiger partial charge in [0.15, 0.2) is 0 Å². The quantitative estimate of drug-likeness (QED) is 0.722. The van der Waals surface area contributed by atoms with E-state index in [-0.39, 0.29) is 28.6 Å². The van der Waals surface area contributed by atoms with E-state index in [2.05, 4.69) is 10.1 Å². The second-order valence-electron chi connectivity index (χ2n) is 3.94. The van der Waals surface area contributed by atoms with Crippen LogP contribution in [-0.2, 0) is 14.8 Å². The third-order valence-corrected chi connectivity index (χ3v) is 3.35. The summed E-state index contributed by atoms with van der Waals surface area (Å²) < 4.78 is 50.6. The minimum absolute atomic E-state index is 0.0111. The number of alkyl halides is 2. The summed E-state index contributed by atoms with van der Waals surface area (Å²) >= 11 is 5.71. The van der Waals surface area contributed by atoms with Crippen molar-refractivity contribution in [3.63, 3.8) is 0 Å². The average Bonchev–Trinajstić information content (AvgIpc) is 2.36. The number of halogens is 3. The van der Waals surface area contributed by atoms with E-state index in [4.69, 9.17) is 16.7 Å². The lowest BCUT2D eigenvalue weighted by atomic mass is 10.2. The molecular weight excluding hydrogens is 330 g/mol. The Morgan fingerprint density at radius 1 is 1.38 bits per heavy atom. The first-order chi connectivity index (χ1) is 9.70. The number of amides is 1. The Balaban J connectivity index is 2.64. The van der Waals surface area contributed by atoms with Crippen LogP contribution in [0, 0.1) is 0 Å². The van der Waals surface area contributed by atoms with Crippen LogP contribution in [0.1, 0.15) is 10.4 Å². The molecule has 1 amide bonds. The summed E-state index contributed by atoms with van der Waals surface area (Å²) in [7, 11) is -3.99. The summed E-state index contributed by atoms with van der Waals surface area (Å²) in [4.78, 5) is 11.5. The summed E-state index contributed by atoms with van der Waals surface area (Å²) in [6.07, 6.45) is -2.58. The molecule has 10 heteroatoms. The van der Waals surface area contributed by atoms with Gasteiger partial charge in [0.1, 0.15) is 6.61 Å². The van der Waals surface area contributed by atoms with Crippen molar-refractivity contribution in [2.75, 3.05) is 19.8 Å². The van der Waals surface area contributed by atoms with Gasteiger partial charge in [0.25, 0.3) is 12.3 Å². The molecule has 0 heterocycles. The van der Waals surface area contributed by atoms with Gasteiger partial charge in [-0.05, 0) is 18.2 Å². The van der Waals surface area contributed by atoms with Gasteiger partial charge >= 0.3 is 0 Å². The van der Waals surface area contributed by atoms with Crippen molar-refractivity contribution in [1.29, 1.82) is 0 Å². The largest absolute Gasteiger partial charge is 0.374 e. The molecule has 1 aromatic rings. The molecule has 0 aliphatic carbocycles. The van der Waals surface area contributed by atoms with Crippen LogP contribution in [0.5, 0.6) is 0 Å². The number of carbonyl (C=O) groups excluding carboxylic acids is 1. The Hall–Kier alpha value is -1.29. The van der Waals surface area contributed by atoms with Crippen molar-refractivity contribution in [2.24, 2.45) is 5.14 Å².